The number of ether oxygens (including phenoxy) is 1. The molecule has 1 aromatic carbocycles. The van der Waals surface area contributed by atoms with Gasteiger partial charge in [-0.2, -0.15) is 0 Å². The number of rotatable bonds is 1. The van der Waals surface area contributed by atoms with Gasteiger partial charge in [0.15, 0.2) is 6.23 Å². The highest BCUT2D eigenvalue weighted by molar-refractivity contribution is 5.74. The Labute approximate surface area is 81.5 Å². The number of fused-ring (bicyclic) bond motifs is 1. The summed E-state index contributed by atoms with van der Waals surface area (Å²) in [6, 6.07) is 7.90. The minimum atomic E-state index is -0.101. The summed E-state index contributed by atoms with van der Waals surface area (Å²) >= 11 is 0. The second-order valence-corrected chi connectivity index (χ2v) is 4.10. The van der Waals surface area contributed by atoms with E-state index in [1.54, 1.807) is 0 Å². The van der Waals surface area contributed by atoms with Gasteiger partial charge in [0.05, 0.1) is 5.52 Å². The van der Waals surface area contributed by atoms with E-state index in [1.807, 2.05) is 42.8 Å². The average Bonchev–Trinajstić information content (AvgIpc) is 2.63. The van der Waals surface area contributed by atoms with E-state index in [-0.39, 0.29) is 11.8 Å². The predicted molar refractivity (Wildman–Crippen MR) is 51.7 cm³/mol. The van der Waals surface area contributed by atoms with Gasteiger partial charge in [-0.3, -0.25) is 0 Å². The van der Waals surface area contributed by atoms with E-state index < -0.39 is 0 Å². The van der Waals surface area contributed by atoms with Crippen LogP contribution in [-0.4, -0.2) is 20.6 Å². The molecule has 1 atom stereocenters. The molecule has 1 saturated heterocycles. The molecule has 0 bridgehead atoms. The van der Waals surface area contributed by atoms with Gasteiger partial charge in [-0.25, -0.2) is 4.68 Å². The van der Waals surface area contributed by atoms with Crippen molar-refractivity contribution >= 4 is 11.0 Å². The molecule has 3 rings (SSSR count). The van der Waals surface area contributed by atoms with Gasteiger partial charge in [-0.1, -0.05) is 17.3 Å². The number of epoxide rings is 1. The lowest BCUT2D eigenvalue weighted by molar-refractivity contribution is 0.294. The van der Waals surface area contributed by atoms with Crippen LogP contribution in [-0.2, 0) is 4.74 Å². The molecule has 1 unspecified atom stereocenters. The molecule has 2 aromatic rings. The molecule has 0 saturated carbocycles. The van der Waals surface area contributed by atoms with Crippen LogP contribution in [0.3, 0.4) is 0 Å². The first-order chi connectivity index (χ1) is 6.68. The van der Waals surface area contributed by atoms with Crippen LogP contribution < -0.4 is 0 Å². The number of hydrogen-bond acceptors (Lipinski definition) is 3. The summed E-state index contributed by atoms with van der Waals surface area (Å²) in [6.07, 6.45) is 0.0369. The molecule has 14 heavy (non-hydrogen) atoms. The van der Waals surface area contributed by atoms with Crippen molar-refractivity contribution in [3.8, 4) is 0 Å². The average molecular weight is 189 g/mol. The van der Waals surface area contributed by atoms with Crippen LogP contribution in [0, 0.1) is 0 Å². The van der Waals surface area contributed by atoms with Crippen LogP contribution in [0.25, 0.3) is 11.0 Å². The molecule has 1 fully saturated rings. The Morgan fingerprint density at radius 1 is 1.36 bits per heavy atom. The summed E-state index contributed by atoms with van der Waals surface area (Å²) in [5, 5.41) is 8.17. The molecular formula is C10H11N3O. The third-order valence-corrected chi connectivity index (χ3v) is 2.55. The summed E-state index contributed by atoms with van der Waals surface area (Å²) in [4.78, 5) is 0. The Balaban J connectivity index is 2.15. The first-order valence-corrected chi connectivity index (χ1v) is 4.66. The van der Waals surface area contributed by atoms with Crippen LogP contribution in [0.2, 0.25) is 0 Å². The van der Waals surface area contributed by atoms with Crippen molar-refractivity contribution < 1.29 is 4.74 Å². The minimum absolute atomic E-state index is 0.0369. The van der Waals surface area contributed by atoms with Crippen molar-refractivity contribution in [3.63, 3.8) is 0 Å². The highest BCUT2D eigenvalue weighted by atomic mass is 16.6. The number of hydrogen-bond donors (Lipinski definition) is 0. The van der Waals surface area contributed by atoms with Gasteiger partial charge >= 0.3 is 0 Å². The van der Waals surface area contributed by atoms with E-state index in [4.69, 9.17) is 4.74 Å². The Kier molecular flexibility index (Phi) is 1.32. The van der Waals surface area contributed by atoms with Gasteiger partial charge in [0.2, 0.25) is 0 Å². The molecule has 4 nitrogen and oxygen atoms in total. The van der Waals surface area contributed by atoms with E-state index in [0.29, 0.717) is 0 Å². The van der Waals surface area contributed by atoms with Crippen molar-refractivity contribution in [2.45, 2.75) is 25.7 Å². The zero-order chi connectivity index (χ0) is 9.76. The number of nitrogens with zero attached hydrogens (tertiary/aromatic N) is 3. The summed E-state index contributed by atoms with van der Waals surface area (Å²) in [5.41, 5.74) is 1.85. The maximum atomic E-state index is 5.52. The molecule has 2 heterocycles. The Morgan fingerprint density at radius 3 is 2.79 bits per heavy atom. The van der Waals surface area contributed by atoms with Crippen LogP contribution in [0.1, 0.15) is 20.1 Å². The maximum absolute atomic E-state index is 5.52. The van der Waals surface area contributed by atoms with Gasteiger partial charge in [0.25, 0.3) is 0 Å². The highest BCUT2D eigenvalue weighted by Gasteiger charge is 2.50. The predicted octanol–water partition coefficient (Wildman–Crippen LogP) is 1.74. The molecule has 1 aliphatic heterocycles. The first-order valence-electron chi connectivity index (χ1n) is 4.66. The van der Waals surface area contributed by atoms with E-state index >= 15 is 0 Å². The van der Waals surface area contributed by atoms with Gasteiger partial charge in [0.1, 0.15) is 11.1 Å². The fourth-order valence-corrected chi connectivity index (χ4v) is 1.66. The standard InChI is InChI=1S/C10H11N3O/c1-10(2)9(14-10)13-8-6-4-3-5-7(8)11-12-13/h3-6,9H,1-2H3. The third kappa shape index (κ3) is 0.974. The smallest absolute Gasteiger partial charge is 0.181 e. The van der Waals surface area contributed by atoms with E-state index in [9.17, 15) is 0 Å². The van der Waals surface area contributed by atoms with Crippen LogP contribution in [0.5, 0.6) is 0 Å². The quantitative estimate of drug-likeness (QED) is 0.642. The summed E-state index contributed by atoms with van der Waals surface area (Å²) in [6.45, 7) is 4.10. The topological polar surface area (TPSA) is 43.2 Å². The van der Waals surface area contributed by atoms with Crippen molar-refractivity contribution in [2.75, 3.05) is 0 Å². The lowest BCUT2D eigenvalue weighted by atomic mass is 10.2. The van der Waals surface area contributed by atoms with E-state index in [1.165, 1.54) is 0 Å². The number of para-hydroxylation sites is 1. The zero-order valence-corrected chi connectivity index (χ0v) is 8.14. The molecule has 0 amide bonds. The Bertz CT molecular complexity index is 489. The molecule has 0 spiro atoms. The lowest BCUT2D eigenvalue weighted by Gasteiger charge is -1.97. The Morgan fingerprint density at radius 2 is 2.07 bits per heavy atom. The summed E-state index contributed by atoms with van der Waals surface area (Å²) < 4.78 is 7.36. The summed E-state index contributed by atoms with van der Waals surface area (Å²) in [5.74, 6) is 0. The maximum Gasteiger partial charge on any atom is 0.181 e. The fraction of sp³-hybridized carbons (Fsp3) is 0.400. The van der Waals surface area contributed by atoms with E-state index in [2.05, 4.69) is 10.3 Å². The zero-order valence-electron chi connectivity index (χ0n) is 8.14. The SMILES string of the molecule is CC1(C)OC1n1nnc2ccccc21. The molecule has 0 radical (unpaired) electrons. The summed E-state index contributed by atoms with van der Waals surface area (Å²) in [7, 11) is 0. The molecule has 0 N–H and O–H groups in total. The fourth-order valence-electron chi connectivity index (χ4n) is 1.66. The van der Waals surface area contributed by atoms with E-state index in [0.717, 1.165) is 11.0 Å². The number of benzene rings is 1. The lowest BCUT2D eigenvalue weighted by Crippen LogP contribution is -2.06. The molecule has 72 valence electrons. The van der Waals surface area contributed by atoms with Crippen molar-refractivity contribution in [2.24, 2.45) is 0 Å². The normalized spacial score (nSPS) is 24.0. The van der Waals surface area contributed by atoms with Gasteiger partial charge in [-0.15, -0.1) is 5.10 Å². The Hall–Kier alpha value is -1.42. The van der Waals surface area contributed by atoms with Crippen molar-refractivity contribution in [3.05, 3.63) is 24.3 Å². The monoisotopic (exact) mass is 189 g/mol. The van der Waals surface area contributed by atoms with Crippen LogP contribution in [0.4, 0.5) is 0 Å². The largest absolute Gasteiger partial charge is 0.343 e. The third-order valence-electron chi connectivity index (χ3n) is 2.55. The first kappa shape index (κ1) is 7.94. The molecule has 0 aliphatic carbocycles. The molecule has 1 aromatic heterocycles. The van der Waals surface area contributed by atoms with Crippen LogP contribution in [0.15, 0.2) is 24.3 Å². The molecule has 4 heteroatoms. The highest BCUT2D eigenvalue weighted by Crippen LogP contribution is 2.45. The minimum Gasteiger partial charge on any atom is -0.343 e. The van der Waals surface area contributed by atoms with Crippen LogP contribution >= 0.6 is 0 Å². The molecular weight excluding hydrogens is 178 g/mol. The van der Waals surface area contributed by atoms with Gasteiger partial charge in [0, 0.05) is 0 Å². The second kappa shape index (κ2) is 2.33. The van der Waals surface area contributed by atoms with Crippen molar-refractivity contribution in [1.82, 2.24) is 15.0 Å². The second-order valence-electron chi connectivity index (χ2n) is 4.10. The number of aromatic nitrogens is 3. The van der Waals surface area contributed by atoms with Crippen molar-refractivity contribution in [1.29, 1.82) is 0 Å². The molecule has 1 aliphatic rings. The van der Waals surface area contributed by atoms with Gasteiger partial charge in [-0.05, 0) is 26.0 Å². The van der Waals surface area contributed by atoms with Gasteiger partial charge < -0.3 is 4.74 Å².